The maximum atomic E-state index is 8.84. The standard InChI is InChI=1S/Ba.2H2O.4O.Ti.Zr/h;2*1H2;;;;;;/q+2;;;;;2*-1;;+2/p-2. The van der Waals surface area contributed by atoms with Crippen LogP contribution >= 0.6 is 0 Å². The molecule has 0 spiro atoms. The van der Waals surface area contributed by atoms with Crippen molar-refractivity contribution in [3.05, 3.63) is 0 Å². The SMILES string of the molecule is [Ba+2].[O]=[Ti]([O-])[O-].[O]=[Zr]([OH])[OH]. The van der Waals surface area contributed by atoms with Gasteiger partial charge in [0.25, 0.3) is 0 Å². The summed E-state index contributed by atoms with van der Waals surface area (Å²) in [6, 6.07) is 0. The molecule has 0 aromatic carbocycles. The zero-order valence-electron chi connectivity index (χ0n) is 4.23. The Balaban J connectivity index is -0.0000000720. The van der Waals surface area contributed by atoms with Crippen LogP contribution in [0.1, 0.15) is 0 Å². The van der Waals surface area contributed by atoms with Gasteiger partial charge in [0.15, 0.2) is 0 Å². The summed E-state index contributed by atoms with van der Waals surface area (Å²) in [6.07, 6.45) is 0. The van der Waals surface area contributed by atoms with Crippen LogP contribution in [0.4, 0.5) is 0 Å². The summed E-state index contributed by atoms with van der Waals surface area (Å²) in [5.74, 6) is 0. The predicted octanol–water partition coefficient (Wildman–Crippen LogP) is -4.12. The Bertz CT molecular complexity index is 71.1. The van der Waals surface area contributed by atoms with E-state index in [0.29, 0.717) is 0 Å². The molecule has 0 aromatic heterocycles. The topological polar surface area (TPSA) is 121 Å². The van der Waals surface area contributed by atoms with Crippen molar-refractivity contribution in [2.45, 2.75) is 0 Å². The molecule has 0 atom stereocenters. The van der Waals surface area contributed by atoms with Gasteiger partial charge >= 0.3 is 110 Å². The third-order valence-corrected chi connectivity index (χ3v) is 0. The van der Waals surface area contributed by atoms with E-state index in [1.807, 2.05) is 0 Å². The predicted molar refractivity (Wildman–Crippen MR) is 11.6 cm³/mol. The molecule has 0 saturated carbocycles. The van der Waals surface area contributed by atoms with Crippen LogP contribution < -0.4 is 7.38 Å². The van der Waals surface area contributed by atoms with E-state index in [0.717, 1.165) is 0 Å². The molecular weight excluding hydrogens is 372 g/mol. The summed E-state index contributed by atoms with van der Waals surface area (Å²) in [4.78, 5) is 0. The fourth-order valence-corrected chi connectivity index (χ4v) is 0. The van der Waals surface area contributed by atoms with E-state index in [1.165, 1.54) is 0 Å². The van der Waals surface area contributed by atoms with Crippen molar-refractivity contribution in [2.75, 3.05) is 0 Å². The molecule has 0 bridgehead atoms. The Morgan fingerprint density at radius 2 is 1.33 bits per heavy atom. The van der Waals surface area contributed by atoms with Gasteiger partial charge < -0.3 is 0 Å². The summed E-state index contributed by atoms with van der Waals surface area (Å²) >= 11 is -7.88. The van der Waals surface area contributed by atoms with Gasteiger partial charge in [0, 0.05) is 0 Å². The van der Waals surface area contributed by atoms with Crippen molar-refractivity contribution >= 4 is 48.9 Å². The summed E-state index contributed by atoms with van der Waals surface area (Å²) in [5, 5.41) is 0. The van der Waals surface area contributed by atoms with E-state index in [-0.39, 0.29) is 48.9 Å². The quantitative estimate of drug-likeness (QED) is 0.416. The second-order valence-electron chi connectivity index (χ2n) is 0.533. The van der Waals surface area contributed by atoms with E-state index in [1.54, 1.807) is 0 Å². The Labute approximate surface area is 107 Å². The molecule has 0 amide bonds. The third-order valence-electron chi connectivity index (χ3n) is 0. The summed E-state index contributed by atoms with van der Waals surface area (Å²) < 4.78 is 49.1. The van der Waals surface area contributed by atoms with E-state index in [9.17, 15) is 0 Å². The minimum absolute atomic E-state index is 0. The van der Waals surface area contributed by atoms with Gasteiger partial charge in [0.1, 0.15) is 0 Å². The first-order valence-electron chi connectivity index (χ1n) is 1.26. The molecule has 9 heavy (non-hydrogen) atoms. The Kier molecular flexibility index (Phi) is 25.9. The van der Waals surface area contributed by atoms with Gasteiger partial charge in [0.2, 0.25) is 0 Å². The van der Waals surface area contributed by atoms with Gasteiger partial charge in [-0.05, 0) is 0 Å². The Morgan fingerprint density at radius 3 is 1.33 bits per heavy atom. The van der Waals surface area contributed by atoms with Crippen LogP contribution in [0, 0.1) is 0 Å². The van der Waals surface area contributed by atoms with Crippen molar-refractivity contribution in [1.29, 1.82) is 0 Å². The van der Waals surface area contributed by atoms with Crippen molar-refractivity contribution < 1.29 is 61.1 Å². The minimum atomic E-state index is -4.08. The molecule has 0 radical (unpaired) electrons. The number of hydrogen-bond acceptors (Lipinski definition) is 4. The van der Waals surface area contributed by atoms with Crippen molar-refractivity contribution in [1.82, 2.24) is 0 Å². The molecule has 0 aromatic rings. The van der Waals surface area contributed by atoms with Crippen molar-refractivity contribution in [3.8, 4) is 0 Å². The average molecular weight is 374 g/mol. The van der Waals surface area contributed by atoms with E-state index in [4.69, 9.17) is 19.9 Å². The molecule has 0 aliphatic rings. The summed E-state index contributed by atoms with van der Waals surface area (Å²) in [5.41, 5.74) is 0. The molecular formula is H2BaO6TiZr. The van der Waals surface area contributed by atoms with Crippen LogP contribution in [0.15, 0.2) is 0 Å². The molecule has 0 aliphatic carbocycles. The van der Waals surface area contributed by atoms with Crippen LogP contribution in [0.2, 0.25) is 0 Å². The number of rotatable bonds is 0. The third kappa shape index (κ3) is 116. The first kappa shape index (κ1) is 17.6. The molecule has 48 valence electrons. The Morgan fingerprint density at radius 1 is 1.33 bits per heavy atom. The second kappa shape index (κ2) is 13.2. The van der Waals surface area contributed by atoms with Gasteiger partial charge in [-0.1, -0.05) is 0 Å². The van der Waals surface area contributed by atoms with Crippen LogP contribution in [-0.2, 0) is 47.4 Å². The van der Waals surface area contributed by atoms with Gasteiger partial charge in [-0.25, -0.2) is 0 Å². The van der Waals surface area contributed by atoms with Crippen LogP contribution in [0.25, 0.3) is 0 Å². The molecule has 0 heterocycles. The van der Waals surface area contributed by atoms with Crippen molar-refractivity contribution in [3.63, 3.8) is 0 Å². The van der Waals surface area contributed by atoms with Gasteiger partial charge in [-0.3, -0.25) is 0 Å². The zero-order chi connectivity index (χ0) is 7.15. The second-order valence-corrected chi connectivity index (χ2v) is 2.70. The Hall–Kier alpha value is 2.61. The molecule has 0 aliphatic heterocycles. The van der Waals surface area contributed by atoms with E-state index < -0.39 is 41.3 Å². The molecule has 0 unspecified atom stereocenters. The van der Waals surface area contributed by atoms with Gasteiger partial charge in [0.05, 0.1) is 0 Å². The summed E-state index contributed by atoms with van der Waals surface area (Å²) in [6.45, 7) is 0. The average Bonchev–Trinajstić information content (AvgIpc) is 1.25. The normalized spacial score (nSPS) is 5.78. The van der Waals surface area contributed by atoms with Gasteiger partial charge in [-0.2, -0.15) is 0 Å². The monoisotopic (exact) mass is 374 g/mol. The van der Waals surface area contributed by atoms with Gasteiger partial charge in [-0.15, -0.1) is 0 Å². The van der Waals surface area contributed by atoms with Crippen LogP contribution in [0.3, 0.4) is 0 Å². The van der Waals surface area contributed by atoms with E-state index in [2.05, 4.69) is 0 Å². The van der Waals surface area contributed by atoms with Crippen LogP contribution in [-0.4, -0.2) is 55.2 Å². The summed E-state index contributed by atoms with van der Waals surface area (Å²) in [7, 11) is 0. The molecule has 0 fully saturated rings. The first-order valence-corrected chi connectivity index (χ1v) is 6.38. The van der Waals surface area contributed by atoms with Crippen LogP contribution in [0.5, 0.6) is 0 Å². The molecule has 0 saturated heterocycles. The fourth-order valence-electron chi connectivity index (χ4n) is 0. The molecule has 2 N–H and O–H groups in total. The fraction of sp³-hybridized carbons (Fsp3) is 0. The van der Waals surface area contributed by atoms with Crippen molar-refractivity contribution in [2.24, 2.45) is 0 Å². The number of hydrogen-bond donors (Lipinski definition) is 2. The molecule has 0 rings (SSSR count). The zero-order valence-corrected chi connectivity index (χ0v) is 12.7. The van der Waals surface area contributed by atoms with E-state index >= 15 is 0 Å². The molecule has 6 nitrogen and oxygen atoms in total. The first-order chi connectivity index (χ1) is 3.46. The molecule has 9 heteroatoms. The maximum absolute atomic E-state index is 8.84.